The fraction of sp³-hybridized carbons (Fsp3) is 0.571. The molecule has 118 valence electrons. The molecule has 0 aromatic carbocycles. The van der Waals surface area contributed by atoms with Gasteiger partial charge in [0.25, 0.3) is 0 Å². The number of nitrogens with zero attached hydrogens (tertiary/aromatic N) is 1. The van der Waals surface area contributed by atoms with Crippen LogP contribution in [-0.4, -0.2) is 57.3 Å². The second kappa shape index (κ2) is 12.7. The van der Waals surface area contributed by atoms with Gasteiger partial charge < -0.3 is 26.4 Å². The third-order valence-electron chi connectivity index (χ3n) is 1.80. The summed E-state index contributed by atoms with van der Waals surface area (Å²) in [6.07, 6.45) is 1.14. The molecule has 0 saturated carbocycles. The Morgan fingerprint density at radius 1 is 1.20 bits per heavy atom. The second-order valence-electron chi connectivity index (χ2n) is 4.89. The Morgan fingerprint density at radius 2 is 1.70 bits per heavy atom. The Bertz CT molecular complexity index is 322. The van der Waals surface area contributed by atoms with Gasteiger partial charge in [-0.2, -0.15) is 0 Å². The van der Waals surface area contributed by atoms with Crippen LogP contribution in [0.4, 0.5) is 0 Å². The summed E-state index contributed by atoms with van der Waals surface area (Å²) in [5, 5.41) is 0. The van der Waals surface area contributed by atoms with Crippen LogP contribution in [0.1, 0.15) is 13.8 Å². The lowest BCUT2D eigenvalue weighted by Crippen LogP contribution is -3.00. The lowest BCUT2D eigenvalue weighted by molar-refractivity contribution is -0.870. The smallest absolute Gasteiger partial charge is 0.333 e. The van der Waals surface area contributed by atoms with E-state index in [1.807, 2.05) is 0 Å². The highest BCUT2D eigenvalue weighted by Crippen LogP contribution is 1.94. The lowest BCUT2D eigenvalue weighted by Gasteiger charge is -2.23. The van der Waals surface area contributed by atoms with Gasteiger partial charge >= 0.3 is 11.9 Å². The van der Waals surface area contributed by atoms with Gasteiger partial charge in [0.05, 0.1) is 27.7 Å². The van der Waals surface area contributed by atoms with Crippen molar-refractivity contribution in [1.29, 1.82) is 0 Å². The highest BCUT2D eigenvalue weighted by atomic mass is 35.5. The predicted molar refractivity (Wildman–Crippen MR) is 75.5 cm³/mol. The van der Waals surface area contributed by atoms with Crippen molar-refractivity contribution in [2.45, 2.75) is 13.8 Å². The quantitative estimate of drug-likeness (QED) is 0.342. The van der Waals surface area contributed by atoms with Gasteiger partial charge in [-0.3, -0.25) is 0 Å². The summed E-state index contributed by atoms with van der Waals surface area (Å²) in [6.45, 7) is 11.8. The van der Waals surface area contributed by atoms with Gasteiger partial charge in [-0.1, -0.05) is 13.2 Å². The molecule has 0 fully saturated rings. The van der Waals surface area contributed by atoms with E-state index < -0.39 is 0 Å². The summed E-state index contributed by atoms with van der Waals surface area (Å²) in [7, 11) is 6.15. The zero-order chi connectivity index (χ0) is 15.5. The van der Waals surface area contributed by atoms with Crippen LogP contribution in [0.3, 0.4) is 0 Å². The molecular formula is C14H26ClNO4. The monoisotopic (exact) mass is 307 g/mol. The van der Waals surface area contributed by atoms with Crippen LogP contribution < -0.4 is 12.4 Å². The summed E-state index contributed by atoms with van der Waals surface area (Å²) in [5.74, 6) is -0.661. The maximum Gasteiger partial charge on any atom is 0.333 e. The Labute approximate surface area is 128 Å². The maximum absolute atomic E-state index is 10.9. The largest absolute Gasteiger partial charge is 1.00 e. The molecule has 0 saturated heterocycles. The number of carbonyl (C=O) groups is 2. The molecule has 0 unspecified atom stereocenters. The molecule has 0 aliphatic heterocycles. The minimum atomic E-state index is -0.359. The minimum absolute atomic E-state index is 0. The molecular weight excluding hydrogens is 282 g/mol. The lowest BCUT2D eigenvalue weighted by atomic mass is 10.4. The molecule has 0 rings (SSSR count). The number of hydrogen-bond donors (Lipinski definition) is 0. The van der Waals surface area contributed by atoms with E-state index in [1.54, 1.807) is 13.8 Å². The Hall–Kier alpha value is -1.33. The van der Waals surface area contributed by atoms with E-state index in [0.29, 0.717) is 18.8 Å². The van der Waals surface area contributed by atoms with Gasteiger partial charge in [-0.15, -0.1) is 0 Å². The fourth-order valence-corrected chi connectivity index (χ4v) is 0.737. The number of hydrogen-bond acceptors (Lipinski definition) is 4. The summed E-state index contributed by atoms with van der Waals surface area (Å²) in [6, 6.07) is 0. The molecule has 0 spiro atoms. The first-order valence-corrected chi connectivity index (χ1v) is 6.06. The maximum atomic E-state index is 10.9. The van der Waals surface area contributed by atoms with E-state index in [4.69, 9.17) is 4.74 Å². The summed E-state index contributed by atoms with van der Waals surface area (Å²) < 4.78 is 10.2. The predicted octanol–water partition coefficient (Wildman–Crippen LogP) is -1.45. The number of carbonyl (C=O) groups excluding carboxylic acids is 2. The fourth-order valence-electron chi connectivity index (χ4n) is 0.737. The number of esters is 2. The highest BCUT2D eigenvalue weighted by molar-refractivity contribution is 5.86. The molecule has 0 aromatic heterocycles. The molecule has 0 bridgehead atoms. The average molecular weight is 308 g/mol. The molecule has 0 amide bonds. The van der Waals surface area contributed by atoms with Gasteiger partial charge in [-0.25, -0.2) is 9.59 Å². The molecule has 5 nitrogen and oxygen atoms in total. The van der Waals surface area contributed by atoms with Crippen molar-refractivity contribution < 1.29 is 36.0 Å². The van der Waals surface area contributed by atoms with Crippen LogP contribution in [0, 0.1) is 0 Å². The number of quaternary nitrogens is 1. The van der Waals surface area contributed by atoms with Crippen molar-refractivity contribution in [3.63, 3.8) is 0 Å². The van der Waals surface area contributed by atoms with Gasteiger partial charge in [0.2, 0.25) is 0 Å². The first-order valence-electron chi connectivity index (χ1n) is 6.06. The third kappa shape index (κ3) is 19.0. The molecule has 0 heterocycles. The number of rotatable bonds is 6. The van der Waals surface area contributed by atoms with Gasteiger partial charge in [0.15, 0.2) is 0 Å². The van der Waals surface area contributed by atoms with Crippen molar-refractivity contribution in [2.75, 3.05) is 40.9 Å². The van der Waals surface area contributed by atoms with Crippen LogP contribution >= 0.6 is 0 Å². The third-order valence-corrected chi connectivity index (χ3v) is 1.80. The Balaban J connectivity index is -0.000000312. The SMILES string of the molecule is C=C(C)C(=O)OCC[N+](C)(C)C.C=CC(=O)OCC.[Cl-]. The second-order valence-corrected chi connectivity index (χ2v) is 4.89. The van der Waals surface area contributed by atoms with E-state index in [0.717, 1.165) is 17.1 Å². The van der Waals surface area contributed by atoms with Crippen molar-refractivity contribution in [2.24, 2.45) is 0 Å². The van der Waals surface area contributed by atoms with Gasteiger partial charge in [0, 0.05) is 11.6 Å². The Kier molecular flexibility index (Phi) is 15.1. The standard InChI is InChI=1S/C9H18NO2.C5H8O2.ClH/c1-8(2)9(11)12-7-6-10(3,4)5;1-3-5(6)7-4-2;/h1,6-7H2,2-5H3;3H,1,4H2,2H3;1H/q+1;;/p-1. The zero-order valence-electron chi connectivity index (χ0n) is 13.1. The van der Waals surface area contributed by atoms with Crippen LogP contribution in [0.25, 0.3) is 0 Å². The molecule has 0 aliphatic rings. The van der Waals surface area contributed by atoms with Gasteiger partial charge in [-0.05, 0) is 13.8 Å². The van der Waals surface area contributed by atoms with E-state index >= 15 is 0 Å². The van der Waals surface area contributed by atoms with E-state index in [2.05, 4.69) is 39.0 Å². The topological polar surface area (TPSA) is 52.6 Å². The van der Waals surface area contributed by atoms with Crippen molar-refractivity contribution >= 4 is 11.9 Å². The molecule has 20 heavy (non-hydrogen) atoms. The number of halogens is 1. The van der Waals surface area contributed by atoms with Crippen LogP contribution in [0.5, 0.6) is 0 Å². The number of likely N-dealkylation sites (N-methyl/N-ethyl adjacent to an activating group) is 1. The molecule has 0 N–H and O–H groups in total. The van der Waals surface area contributed by atoms with Crippen LogP contribution in [0.15, 0.2) is 24.8 Å². The summed E-state index contributed by atoms with van der Waals surface area (Å²) >= 11 is 0. The van der Waals surface area contributed by atoms with Gasteiger partial charge in [0.1, 0.15) is 13.2 Å². The number of ether oxygens (including phenoxy) is 2. The molecule has 0 aliphatic carbocycles. The van der Waals surface area contributed by atoms with Crippen LogP contribution in [-0.2, 0) is 19.1 Å². The van der Waals surface area contributed by atoms with E-state index in [9.17, 15) is 9.59 Å². The normalized spacial score (nSPS) is 9.25. The first-order chi connectivity index (χ1) is 8.64. The van der Waals surface area contributed by atoms with Crippen molar-refractivity contribution in [3.05, 3.63) is 24.8 Å². The van der Waals surface area contributed by atoms with E-state index in [1.165, 1.54) is 0 Å². The minimum Gasteiger partial charge on any atom is -1.00 e. The highest BCUT2D eigenvalue weighted by Gasteiger charge is 2.09. The zero-order valence-corrected chi connectivity index (χ0v) is 13.8. The van der Waals surface area contributed by atoms with Crippen molar-refractivity contribution in [3.8, 4) is 0 Å². The molecule has 6 heteroatoms. The summed E-state index contributed by atoms with van der Waals surface area (Å²) in [5.41, 5.74) is 0.455. The molecule has 0 atom stereocenters. The van der Waals surface area contributed by atoms with Crippen molar-refractivity contribution in [1.82, 2.24) is 0 Å². The Morgan fingerprint density at radius 3 is 1.95 bits per heavy atom. The van der Waals surface area contributed by atoms with E-state index in [-0.39, 0.29) is 24.3 Å². The first kappa shape index (κ1) is 23.7. The summed E-state index contributed by atoms with van der Waals surface area (Å²) in [4.78, 5) is 21.0. The average Bonchev–Trinajstić information content (AvgIpc) is 2.28. The van der Waals surface area contributed by atoms with Crippen LogP contribution in [0.2, 0.25) is 0 Å². The molecule has 0 radical (unpaired) electrons. The molecule has 0 aromatic rings.